The van der Waals surface area contributed by atoms with Gasteiger partial charge in [-0.2, -0.15) is 13.2 Å². The number of nitrogens with one attached hydrogen (secondary N) is 1. The molecule has 1 aromatic heterocycles. The standard InChI is InChI=1S/C34H29ClF3N3O3/c1-32(2)24(19-8-10-20(11-9-19)31(43)44)12-14-33(3)18-41(15-13-27(32)33)30(42)23-7-5-4-6-22(23)29-39-26-17-21(34(36,37)38)16-25(35)28(26)40-29/h4-13,16-17H,14-15,18H2,1-3H3,(H,39,40)(H,43,44)/t33-/m1/s1. The lowest BCUT2D eigenvalue weighted by molar-refractivity contribution is -0.137. The van der Waals surface area contributed by atoms with Crippen molar-refractivity contribution in [2.45, 2.75) is 33.4 Å². The van der Waals surface area contributed by atoms with Crippen LogP contribution in [-0.2, 0) is 6.18 Å². The minimum absolute atomic E-state index is 0.0600. The molecule has 0 unspecified atom stereocenters. The summed E-state index contributed by atoms with van der Waals surface area (Å²) in [6, 6.07) is 15.6. The third-order valence-corrected chi connectivity index (χ3v) is 9.12. The van der Waals surface area contributed by atoms with Gasteiger partial charge in [0, 0.05) is 29.5 Å². The van der Waals surface area contributed by atoms with E-state index in [1.807, 2.05) is 12.1 Å². The number of hydrogen-bond acceptors (Lipinski definition) is 3. The fourth-order valence-electron chi connectivity index (χ4n) is 6.76. The van der Waals surface area contributed by atoms with Gasteiger partial charge in [-0.1, -0.05) is 80.4 Å². The molecule has 6 rings (SSSR count). The van der Waals surface area contributed by atoms with Crippen molar-refractivity contribution in [3.05, 3.63) is 106 Å². The summed E-state index contributed by atoms with van der Waals surface area (Å²) in [5.74, 6) is -0.927. The van der Waals surface area contributed by atoms with Crippen molar-refractivity contribution >= 4 is 40.1 Å². The number of benzene rings is 3. The number of imidazole rings is 1. The van der Waals surface area contributed by atoms with Gasteiger partial charge in [0.25, 0.3) is 5.91 Å². The van der Waals surface area contributed by atoms with Crippen molar-refractivity contribution in [1.29, 1.82) is 0 Å². The number of halogens is 4. The summed E-state index contributed by atoms with van der Waals surface area (Å²) in [6.45, 7) is 7.30. The molecule has 0 fully saturated rings. The number of carboxylic acid groups (broad SMARTS) is 1. The van der Waals surface area contributed by atoms with Gasteiger partial charge in [0.2, 0.25) is 0 Å². The maximum Gasteiger partial charge on any atom is 0.416 e. The second-order valence-electron chi connectivity index (χ2n) is 12.2. The van der Waals surface area contributed by atoms with Gasteiger partial charge in [0.1, 0.15) is 5.82 Å². The molecule has 1 atom stereocenters. The van der Waals surface area contributed by atoms with Crippen molar-refractivity contribution in [3.8, 4) is 11.4 Å². The number of fused-ring (bicyclic) bond motifs is 2. The zero-order chi connectivity index (χ0) is 31.6. The Morgan fingerprint density at radius 3 is 2.41 bits per heavy atom. The van der Waals surface area contributed by atoms with E-state index in [0.717, 1.165) is 23.3 Å². The minimum atomic E-state index is -4.57. The number of aromatic carboxylic acids is 1. The first kappa shape index (κ1) is 29.7. The normalized spacial score (nSPS) is 19.8. The van der Waals surface area contributed by atoms with E-state index in [2.05, 4.69) is 42.9 Å². The first-order valence-corrected chi connectivity index (χ1v) is 14.5. The Morgan fingerprint density at radius 1 is 1.02 bits per heavy atom. The van der Waals surface area contributed by atoms with Gasteiger partial charge in [-0.3, -0.25) is 4.79 Å². The van der Waals surface area contributed by atoms with E-state index in [9.17, 15) is 27.9 Å². The predicted molar refractivity (Wildman–Crippen MR) is 163 cm³/mol. The van der Waals surface area contributed by atoms with Gasteiger partial charge >= 0.3 is 12.1 Å². The fraction of sp³-hybridized carbons (Fsp3) is 0.265. The van der Waals surface area contributed by atoms with E-state index in [1.54, 1.807) is 41.3 Å². The zero-order valence-corrected chi connectivity index (χ0v) is 25.0. The maximum absolute atomic E-state index is 14.0. The van der Waals surface area contributed by atoms with Crippen molar-refractivity contribution in [1.82, 2.24) is 14.9 Å². The molecule has 3 aromatic carbocycles. The van der Waals surface area contributed by atoms with Gasteiger partial charge in [-0.25, -0.2) is 9.78 Å². The number of aromatic amines is 1. The molecule has 0 radical (unpaired) electrons. The highest BCUT2D eigenvalue weighted by atomic mass is 35.5. The quantitative estimate of drug-likeness (QED) is 0.224. The Bertz CT molecular complexity index is 1890. The molecule has 6 nitrogen and oxygen atoms in total. The van der Waals surface area contributed by atoms with Crippen LogP contribution in [0.4, 0.5) is 13.2 Å². The topological polar surface area (TPSA) is 86.3 Å². The van der Waals surface area contributed by atoms with Gasteiger partial charge < -0.3 is 15.0 Å². The third kappa shape index (κ3) is 4.99. The van der Waals surface area contributed by atoms with Crippen molar-refractivity contribution in [2.24, 2.45) is 10.8 Å². The summed E-state index contributed by atoms with van der Waals surface area (Å²) in [4.78, 5) is 34.6. The maximum atomic E-state index is 14.0. The summed E-state index contributed by atoms with van der Waals surface area (Å²) < 4.78 is 40.1. The molecule has 4 aromatic rings. The predicted octanol–water partition coefficient (Wildman–Crippen LogP) is 8.50. The summed E-state index contributed by atoms with van der Waals surface area (Å²) in [7, 11) is 0. The van der Waals surface area contributed by atoms with Gasteiger partial charge in [-0.15, -0.1) is 0 Å². The number of amides is 1. The number of aromatic nitrogens is 2. The molecule has 10 heteroatoms. The fourth-order valence-corrected chi connectivity index (χ4v) is 7.03. The van der Waals surface area contributed by atoms with Crippen LogP contribution in [0.15, 0.2) is 78.4 Å². The highest BCUT2D eigenvalue weighted by Gasteiger charge is 2.46. The molecule has 226 valence electrons. The average Bonchev–Trinajstić information content (AvgIpc) is 3.41. The lowest BCUT2D eigenvalue weighted by Gasteiger charge is -2.50. The third-order valence-electron chi connectivity index (χ3n) is 8.82. The van der Waals surface area contributed by atoms with Crippen molar-refractivity contribution in [3.63, 3.8) is 0 Å². The smallest absolute Gasteiger partial charge is 0.416 e. The number of carbonyl (C=O) groups is 2. The number of rotatable bonds is 4. The van der Waals surface area contributed by atoms with Crippen LogP contribution in [0, 0.1) is 10.8 Å². The Kier molecular flexibility index (Phi) is 7.00. The SMILES string of the molecule is CC1(C)C(c2ccc(C(=O)O)cc2)=CC[C@]2(C)CN(C(=O)c3ccccc3-c3nc4cc(C(F)(F)F)cc(Cl)c4[nH]3)CC=C12. The van der Waals surface area contributed by atoms with E-state index in [4.69, 9.17) is 11.6 Å². The molecule has 0 saturated heterocycles. The van der Waals surface area contributed by atoms with Crippen LogP contribution in [0.2, 0.25) is 5.02 Å². The number of nitrogens with zero attached hydrogens (tertiary/aromatic N) is 2. The van der Waals surface area contributed by atoms with E-state index < -0.39 is 17.7 Å². The zero-order valence-electron chi connectivity index (χ0n) is 24.2. The summed E-state index contributed by atoms with van der Waals surface area (Å²) in [5.41, 5.74) is 3.11. The second kappa shape index (κ2) is 10.4. The van der Waals surface area contributed by atoms with E-state index in [1.165, 1.54) is 5.57 Å². The summed E-state index contributed by atoms with van der Waals surface area (Å²) >= 11 is 6.18. The van der Waals surface area contributed by atoms with Gasteiger partial charge in [0.05, 0.1) is 32.7 Å². The molecule has 1 aliphatic heterocycles. The highest BCUT2D eigenvalue weighted by Crippen LogP contribution is 2.55. The largest absolute Gasteiger partial charge is 0.478 e. The van der Waals surface area contributed by atoms with Crippen LogP contribution in [0.3, 0.4) is 0 Å². The van der Waals surface area contributed by atoms with Crippen LogP contribution >= 0.6 is 11.6 Å². The number of H-pyrrole nitrogens is 1. The van der Waals surface area contributed by atoms with E-state index in [-0.39, 0.29) is 44.2 Å². The Balaban J connectivity index is 1.30. The summed E-state index contributed by atoms with van der Waals surface area (Å²) in [5, 5.41) is 9.18. The average molecular weight is 620 g/mol. The van der Waals surface area contributed by atoms with Crippen molar-refractivity contribution < 1.29 is 27.9 Å². The van der Waals surface area contributed by atoms with Crippen LogP contribution in [0.1, 0.15) is 59.0 Å². The van der Waals surface area contributed by atoms with Crippen LogP contribution in [0.5, 0.6) is 0 Å². The van der Waals surface area contributed by atoms with E-state index in [0.29, 0.717) is 30.6 Å². The number of carbonyl (C=O) groups excluding carboxylic acids is 1. The Labute approximate surface area is 256 Å². The number of allylic oxidation sites excluding steroid dienone is 2. The minimum Gasteiger partial charge on any atom is -0.478 e. The van der Waals surface area contributed by atoms with Gasteiger partial charge in [-0.05, 0) is 47.9 Å². The molecule has 44 heavy (non-hydrogen) atoms. The molecule has 2 heterocycles. The molecule has 1 aliphatic carbocycles. The molecule has 0 saturated carbocycles. The van der Waals surface area contributed by atoms with Crippen LogP contribution < -0.4 is 0 Å². The first-order valence-electron chi connectivity index (χ1n) is 14.1. The molecule has 0 bridgehead atoms. The monoisotopic (exact) mass is 619 g/mol. The molecule has 1 amide bonds. The van der Waals surface area contributed by atoms with Crippen LogP contribution in [0.25, 0.3) is 28.0 Å². The van der Waals surface area contributed by atoms with E-state index >= 15 is 0 Å². The number of alkyl halides is 3. The highest BCUT2D eigenvalue weighted by molar-refractivity contribution is 6.35. The summed E-state index contributed by atoms with van der Waals surface area (Å²) in [6.07, 6.45) is 0.411. The lowest BCUT2D eigenvalue weighted by atomic mass is 9.58. The molecular formula is C34H29ClF3N3O3. The number of carboxylic acids is 1. The Hall–Kier alpha value is -4.37. The molecule has 0 spiro atoms. The molecular weight excluding hydrogens is 591 g/mol. The second-order valence-corrected chi connectivity index (χ2v) is 12.6. The number of hydrogen-bond donors (Lipinski definition) is 2. The lowest BCUT2D eigenvalue weighted by Crippen LogP contribution is -2.48. The van der Waals surface area contributed by atoms with Crippen LogP contribution in [-0.4, -0.2) is 44.9 Å². The Morgan fingerprint density at radius 2 is 1.73 bits per heavy atom. The molecule has 2 aliphatic rings. The first-order chi connectivity index (χ1) is 20.7. The van der Waals surface area contributed by atoms with Gasteiger partial charge in [0.15, 0.2) is 0 Å². The molecule has 2 N–H and O–H groups in total. The van der Waals surface area contributed by atoms with Crippen molar-refractivity contribution in [2.75, 3.05) is 13.1 Å².